The van der Waals surface area contributed by atoms with E-state index in [-0.39, 0.29) is 5.82 Å². The van der Waals surface area contributed by atoms with Crippen molar-refractivity contribution in [2.24, 2.45) is 0 Å². The number of aryl methyl sites for hydroxylation is 1. The summed E-state index contributed by atoms with van der Waals surface area (Å²) in [6.07, 6.45) is 11.1. The average Bonchev–Trinajstić information content (AvgIpc) is 2.77. The van der Waals surface area contributed by atoms with Gasteiger partial charge in [0.15, 0.2) is 0 Å². The third kappa shape index (κ3) is 5.69. The number of hydrogen-bond donors (Lipinski definition) is 2. The molecule has 0 fully saturated rings. The summed E-state index contributed by atoms with van der Waals surface area (Å²) in [4.78, 5) is 0. The Balaban J connectivity index is 1.99. The maximum atomic E-state index is 13.7. The number of hydrogen-bond acceptors (Lipinski definition) is 1. The van der Waals surface area contributed by atoms with Crippen LogP contribution in [0.3, 0.4) is 0 Å². The van der Waals surface area contributed by atoms with Gasteiger partial charge in [0, 0.05) is 7.05 Å². The Morgan fingerprint density at radius 3 is 2.52 bits per heavy atom. The molecule has 0 unspecified atom stereocenters. The summed E-state index contributed by atoms with van der Waals surface area (Å²) in [6, 6.07) is 13.6. The highest BCUT2D eigenvalue weighted by atomic mass is 19.1. The van der Waals surface area contributed by atoms with Gasteiger partial charge in [-0.2, -0.15) is 0 Å². The van der Waals surface area contributed by atoms with Crippen LogP contribution in [0.1, 0.15) is 48.9 Å². The quantitative estimate of drug-likeness (QED) is 0.386. The highest BCUT2D eigenvalue weighted by Crippen LogP contribution is 2.34. The van der Waals surface area contributed by atoms with Crippen LogP contribution < -0.4 is 5.32 Å². The van der Waals surface area contributed by atoms with Crippen molar-refractivity contribution in [2.45, 2.75) is 40.0 Å². The van der Waals surface area contributed by atoms with Crippen LogP contribution in [0.25, 0.3) is 11.6 Å². The van der Waals surface area contributed by atoms with Gasteiger partial charge in [-0.15, -0.1) is 0 Å². The molecule has 0 spiro atoms. The topological polar surface area (TPSA) is 35.9 Å². The van der Waals surface area contributed by atoms with Gasteiger partial charge in [-0.25, -0.2) is 4.39 Å². The molecule has 0 saturated carbocycles. The Bertz CT molecular complexity index is 1080. The second-order valence-electron chi connectivity index (χ2n) is 8.08. The van der Waals surface area contributed by atoms with E-state index in [0.29, 0.717) is 5.84 Å². The summed E-state index contributed by atoms with van der Waals surface area (Å²) < 4.78 is 13.7. The number of halogens is 1. The third-order valence-electron chi connectivity index (χ3n) is 5.89. The molecule has 2 aromatic carbocycles. The monoisotopic (exact) mass is 414 g/mol. The van der Waals surface area contributed by atoms with E-state index in [1.807, 2.05) is 19.1 Å². The normalized spacial score (nSPS) is 14.7. The Hall–Kier alpha value is -3.20. The van der Waals surface area contributed by atoms with Crippen LogP contribution in [0.4, 0.5) is 4.39 Å². The van der Waals surface area contributed by atoms with Crippen LogP contribution in [-0.2, 0) is 6.42 Å². The lowest BCUT2D eigenvalue weighted by atomic mass is 9.83. The molecule has 0 saturated heterocycles. The molecule has 160 valence electrons. The van der Waals surface area contributed by atoms with Crippen LogP contribution in [-0.4, -0.2) is 12.9 Å². The smallest absolute Gasteiger partial charge is 0.123 e. The van der Waals surface area contributed by atoms with Gasteiger partial charge in [-0.05, 0) is 103 Å². The second-order valence-corrected chi connectivity index (χ2v) is 8.08. The van der Waals surface area contributed by atoms with Crippen molar-refractivity contribution in [3.05, 3.63) is 105 Å². The van der Waals surface area contributed by atoms with Crippen molar-refractivity contribution in [3.63, 3.8) is 0 Å². The van der Waals surface area contributed by atoms with E-state index in [0.717, 1.165) is 36.0 Å². The van der Waals surface area contributed by atoms with Crippen molar-refractivity contribution in [1.82, 2.24) is 5.32 Å². The molecular formula is C28H31FN2. The molecule has 1 aliphatic rings. The standard InChI is InChI=1S/C28H31FN2/c1-19-7-5-6-8-26(19)27(21(3)25-15-14-24(29)17-20(25)2)18-23-11-9-22(10-12-23)13-16-28(30)31-4/h5,7,9-17H,6,8,18H2,1-4H3,(H2,30,31)/b16-13+,27-21+. The van der Waals surface area contributed by atoms with Crippen molar-refractivity contribution in [1.29, 1.82) is 5.41 Å². The Morgan fingerprint density at radius 1 is 1.13 bits per heavy atom. The molecule has 0 bridgehead atoms. The molecule has 31 heavy (non-hydrogen) atoms. The second kappa shape index (κ2) is 10.2. The third-order valence-corrected chi connectivity index (χ3v) is 5.89. The molecule has 2 N–H and O–H groups in total. The minimum absolute atomic E-state index is 0.193. The van der Waals surface area contributed by atoms with E-state index >= 15 is 0 Å². The Morgan fingerprint density at radius 2 is 1.87 bits per heavy atom. The van der Waals surface area contributed by atoms with E-state index in [4.69, 9.17) is 5.41 Å². The zero-order valence-electron chi connectivity index (χ0n) is 18.9. The van der Waals surface area contributed by atoms with Crippen LogP contribution >= 0.6 is 0 Å². The number of rotatable bonds is 6. The van der Waals surface area contributed by atoms with Crippen LogP contribution in [0, 0.1) is 18.2 Å². The number of allylic oxidation sites excluding steroid dienone is 6. The lowest BCUT2D eigenvalue weighted by Crippen LogP contribution is -2.12. The zero-order chi connectivity index (χ0) is 22.4. The van der Waals surface area contributed by atoms with Gasteiger partial charge in [0.05, 0.1) is 0 Å². The summed E-state index contributed by atoms with van der Waals surface area (Å²) in [5.41, 5.74) is 9.63. The lowest BCUT2D eigenvalue weighted by molar-refractivity contribution is 0.626. The first-order valence-corrected chi connectivity index (χ1v) is 10.7. The zero-order valence-corrected chi connectivity index (χ0v) is 18.9. The predicted molar refractivity (Wildman–Crippen MR) is 131 cm³/mol. The number of amidine groups is 1. The lowest BCUT2D eigenvalue weighted by Gasteiger charge is -2.21. The molecule has 2 aromatic rings. The summed E-state index contributed by atoms with van der Waals surface area (Å²) in [5.74, 6) is 0.189. The molecule has 0 amide bonds. The largest absolute Gasteiger partial charge is 0.374 e. The molecule has 0 atom stereocenters. The van der Waals surface area contributed by atoms with E-state index < -0.39 is 0 Å². The van der Waals surface area contributed by atoms with Gasteiger partial charge in [0.1, 0.15) is 11.7 Å². The fraction of sp³-hybridized carbons (Fsp3) is 0.250. The fourth-order valence-corrected chi connectivity index (χ4v) is 4.06. The first-order chi connectivity index (χ1) is 14.9. The summed E-state index contributed by atoms with van der Waals surface area (Å²) in [7, 11) is 1.74. The maximum Gasteiger partial charge on any atom is 0.123 e. The molecule has 3 heteroatoms. The first kappa shape index (κ1) is 22.5. The first-order valence-electron chi connectivity index (χ1n) is 10.7. The Kier molecular flexibility index (Phi) is 7.41. The van der Waals surface area contributed by atoms with E-state index in [1.54, 1.807) is 25.3 Å². The van der Waals surface area contributed by atoms with Crippen LogP contribution in [0.15, 0.2) is 77.4 Å². The maximum absolute atomic E-state index is 13.7. The Labute approximate surface area is 185 Å². The van der Waals surface area contributed by atoms with Crippen molar-refractivity contribution >= 4 is 17.5 Å². The van der Waals surface area contributed by atoms with Crippen molar-refractivity contribution in [2.75, 3.05) is 7.05 Å². The molecule has 0 aromatic heterocycles. The number of likely N-dealkylation sites (N-methyl/N-ethyl adjacent to an activating group) is 1. The van der Waals surface area contributed by atoms with E-state index in [9.17, 15) is 4.39 Å². The summed E-state index contributed by atoms with van der Waals surface area (Å²) in [6.45, 7) is 6.32. The fourth-order valence-electron chi connectivity index (χ4n) is 4.06. The minimum atomic E-state index is -0.193. The SMILES string of the molecule is CNC(=N)/C=C/c1ccc(C/C(C2=C(C)C=CCC2)=C(/C)c2ccc(F)cc2C)cc1. The van der Waals surface area contributed by atoms with Crippen molar-refractivity contribution < 1.29 is 4.39 Å². The summed E-state index contributed by atoms with van der Waals surface area (Å²) >= 11 is 0. The van der Waals surface area contributed by atoms with Gasteiger partial charge in [0.25, 0.3) is 0 Å². The molecule has 2 nitrogen and oxygen atoms in total. The number of benzene rings is 2. The minimum Gasteiger partial charge on any atom is -0.374 e. The van der Waals surface area contributed by atoms with Gasteiger partial charge in [-0.1, -0.05) is 48.6 Å². The molecule has 0 radical (unpaired) electrons. The van der Waals surface area contributed by atoms with E-state index in [2.05, 4.69) is 55.6 Å². The van der Waals surface area contributed by atoms with Crippen LogP contribution in [0.2, 0.25) is 0 Å². The predicted octanol–water partition coefficient (Wildman–Crippen LogP) is 7.03. The number of nitrogens with one attached hydrogen (secondary N) is 2. The average molecular weight is 415 g/mol. The molecular weight excluding hydrogens is 383 g/mol. The molecule has 0 aliphatic heterocycles. The van der Waals surface area contributed by atoms with E-state index in [1.165, 1.54) is 27.9 Å². The molecule has 3 rings (SSSR count). The van der Waals surface area contributed by atoms with Gasteiger partial charge in [0.2, 0.25) is 0 Å². The van der Waals surface area contributed by atoms with Gasteiger partial charge < -0.3 is 5.32 Å². The molecule has 1 aliphatic carbocycles. The van der Waals surface area contributed by atoms with Gasteiger partial charge >= 0.3 is 0 Å². The molecule has 0 heterocycles. The highest BCUT2D eigenvalue weighted by molar-refractivity contribution is 5.93. The van der Waals surface area contributed by atoms with Crippen LogP contribution in [0.5, 0.6) is 0 Å². The summed E-state index contributed by atoms with van der Waals surface area (Å²) in [5, 5.41) is 10.5. The highest BCUT2D eigenvalue weighted by Gasteiger charge is 2.16. The van der Waals surface area contributed by atoms with Gasteiger partial charge in [-0.3, -0.25) is 5.41 Å². The van der Waals surface area contributed by atoms with Crippen molar-refractivity contribution in [3.8, 4) is 0 Å².